The average Bonchev–Trinajstić information content (AvgIpc) is 2.61. The first kappa shape index (κ1) is 23.8. The molecule has 8 heteroatoms. The van der Waals surface area contributed by atoms with E-state index in [1.165, 1.54) is 29.2 Å². The minimum Gasteiger partial charge on any atom is -0.406 e. The molecule has 0 bridgehead atoms. The molecule has 0 aliphatic carbocycles. The molecule has 0 unspecified atom stereocenters. The molecule has 0 N–H and O–H groups in total. The summed E-state index contributed by atoms with van der Waals surface area (Å²) in [4.78, 5) is 27.8. The molecular formula is C20H29F3N2O3. The summed E-state index contributed by atoms with van der Waals surface area (Å²) in [6.45, 7) is 5.78. The lowest BCUT2D eigenvalue weighted by Gasteiger charge is -2.22. The van der Waals surface area contributed by atoms with Crippen molar-refractivity contribution >= 4 is 11.8 Å². The van der Waals surface area contributed by atoms with Crippen molar-refractivity contribution in [2.45, 2.75) is 58.9 Å². The number of halogens is 3. The summed E-state index contributed by atoms with van der Waals surface area (Å²) in [5.41, 5.74) is 0.693. The zero-order valence-electron chi connectivity index (χ0n) is 16.7. The van der Waals surface area contributed by atoms with Crippen LogP contribution in [0.1, 0.15) is 51.5 Å². The van der Waals surface area contributed by atoms with Gasteiger partial charge in [-0.25, -0.2) is 0 Å². The van der Waals surface area contributed by atoms with Crippen LogP contribution in [0.5, 0.6) is 5.75 Å². The molecule has 5 nitrogen and oxygen atoms in total. The smallest absolute Gasteiger partial charge is 0.406 e. The van der Waals surface area contributed by atoms with E-state index in [0.29, 0.717) is 18.4 Å². The maximum Gasteiger partial charge on any atom is 0.573 e. The highest BCUT2D eigenvalue weighted by Crippen LogP contribution is 2.23. The van der Waals surface area contributed by atoms with Crippen LogP contribution in [0.15, 0.2) is 24.3 Å². The Morgan fingerprint density at radius 1 is 0.964 bits per heavy atom. The van der Waals surface area contributed by atoms with Crippen molar-refractivity contribution in [1.82, 2.24) is 9.80 Å². The predicted molar refractivity (Wildman–Crippen MR) is 101 cm³/mol. The van der Waals surface area contributed by atoms with Crippen molar-refractivity contribution < 1.29 is 27.5 Å². The van der Waals surface area contributed by atoms with Gasteiger partial charge in [0.2, 0.25) is 11.8 Å². The van der Waals surface area contributed by atoms with Crippen LogP contribution in [0.25, 0.3) is 0 Å². The molecule has 0 radical (unpaired) electrons. The van der Waals surface area contributed by atoms with Crippen molar-refractivity contribution in [2.24, 2.45) is 0 Å². The summed E-state index contributed by atoms with van der Waals surface area (Å²) in [5, 5.41) is 0. The molecule has 2 amide bonds. The van der Waals surface area contributed by atoms with E-state index < -0.39 is 6.36 Å². The lowest BCUT2D eigenvalue weighted by atomic mass is 10.1. The van der Waals surface area contributed by atoms with E-state index in [2.05, 4.69) is 4.74 Å². The van der Waals surface area contributed by atoms with Crippen LogP contribution in [-0.4, -0.2) is 48.1 Å². The zero-order valence-corrected chi connectivity index (χ0v) is 16.7. The van der Waals surface area contributed by atoms with Gasteiger partial charge in [-0.2, -0.15) is 0 Å². The van der Waals surface area contributed by atoms with Gasteiger partial charge < -0.3 is 14.5 Å². The number of amides is 2. The second-order valence-corrected chi connectivity index (χ2v) is 6.68. The summed E-state index contributed by atoms with van der Waals surface area (Å²) in [6.07, 6.45) is -1.85. The monoisotopic (exact) mass is 402 g/mol. The highest BCUT2D eigenvalue weighted by molar-refractivity contribution is 5.79. The van der Waals surface area contributed by atoms with Crippen molar-refractivity contribution in [1.29, 1.82) is 0 Å². The van der Waals surface area contributed by atoms with Crippen LogP contribution in [0.4, 0.5) is 13.2 Å². The van der Waals surface area contributed by atoms with Crippen LogP contribution >= 0.6 is 0 Å². The number of nitrogens with zero attached hydrogens (tertiary/aromatic N) is 2. The number of ether oxygens (including phenoxy) is 1. The third-order valence-corrected chi connectivity index (χ3v) is 4.12. The fourth-order valence-corrected chi connectivity index (χ4v) is 2.80. The predicted octanol–water partition coefficient (Wildman–Crippen LogP) is 4.36. The molecule has 0 fully saturated rings. The summed E-state index contributed by atoms with van der Waals surface area (Å²) >= 11 is 0. The molecular weight excluding hydrogens is 373 g/mol. The molecule has 0 saturated carbocycles. The van der Waals surface area contributed by atoms with Gasteiger partial charge >= 0.3 is 6.36 Å². The quantitative estimate of drug-likeness (QED) is 0.553. The number of hydrogen-bond acceptors (Lipinski definition) is 3. The Balaban J connectivity index is 2.43. The standard InChI is InChI=1S/C20H29F3N2O3/c1-4-13-25(14-5-2)19(27)8-6-7-18(26)24(3)15-16-9-11-17(12-10-16)28-20(21,22)23/h9-12H,4-8,13-15H2,1-3H3. The third-order valence-electron chi connectivity index (χ3n) is 4.12. The lowest BCUT2D eigenvalue weighted by Crippen LogP contribution is -2.32. The largest absolute Gasteiger partial charge is 0.573 e. The van der Waals surface area contributed by atoms with E-state index in [1.807, 2.05) is 18.7 Å². The SMILES string of the molecule is CCCN(CCC)C(=O)CCCC(=O)N(C)Cc1ccc(OC(F)(F)F)cc1. The maximum atomic E-state index is 12.2. The molecule has 1 aromatic carbocycles. The highest BCUT2D eigenvalue weighted by Gasteiger charge is 2.30. The molecule has 28 heavy (non-hydrogen) atoms. The Morgan fingerprint density at radius 2 is 1.50 bits per heavy atom. The number of hydrogen-bond donors (Lipinski definition) is 0. The number of rotatable bonds is 11. The summed E-state index contributed by atoms with van der Waals surface area (Å²) in [7, 11) is 1.63. The molecule has 0 aliphatic rings. The van der Waals surface area contributed by atoms with Crippen LogP contribution in [0, 0.1) is 0 Å². The molecule has 1 aromatic rings. The molecule has 0 aromatic heterocycles. The Hall–Kier alpha value is -2.25. The van der Waals surface area contributed by atoms with Crippen molar-refractivity contribution in [3.8, 4) is 5.75 Å². The van der Waals surface area contributed by atoms with E-state index in [-0.39, 0.29) is 30.5 Å². The molecule has 0 heterocycles. The Bertz CT molecular complexity index is 612. The summed E-state index contributed by atoms with van der Waals surface area (Å²) < 4.78 is 40.3. The number of carbonyl (C=O) groups excluding carboxylic acids is 2. The van der Waals surface area contributed by atoms with Gasteiger partial charge in [-0.3, -0.25) is 9.59 Å². The number of benzene rings is 1. The van der Waals surface area contributed by atoms with E-state index >= 15 is 0 Å². The minimum absolute atomic E-state index is 0.0689. The maximum absolute atomic E-state index is 12.2. The van der Waals surface area contributed by atoms with Crippen LogP contribution < -0.4 is 4.74 Å². The van der Waals surface area contributed by atoms with Gasteiger partial charge in [-0.1, -0.05) is 26.0 Å². The van der Waals surface area contributed by atoms with E-state index in [4.69, 9.17) is 0 Å². The molecule has 0 spiro atoms. The summed E-state index contributed by atoms with van der Waals surface area (Å²) in [5.74, 6) is -0.340. The van der Waals surface area contributed by atoms with Crippen LogP contribution in [-0.2, 0) is 16.1 Å². The highest BCUT2D eigenvalue weighted by atomic mass is 19.4. The fraction of sp³-hybridized carbons (Fsp3) is 0.600. The van der Waals surface area contributed by atoms with Crippen molar-refractivity contribution in [3.05, 3.63) is 29.8 Å². The topological polar surface area (TPSA) is 49.9 Å². The third kappa shape index (κ3) is 9.10. The normalized spacial score (nSPS) is 11.2. The summed E-state index contributed by atoms with van der Waals surface area (Å²) in [6, 6.07) is 5.41. The van der Waals surface area contributed by atoms with E-state index in [9.17, 15) is 22.8 Å². The Labute approximate surface area is 164 Å². The van der Waals surface area contributed by atoms with Crippen LogP contribution in [0.3, 0.4) is 0 Å². The first-order valence-corrected chi connectivity index (χ1v) is 9.52. The lowest BCUT2D eigenvalue weighted by molar-refractivity contribution is -0.274. The van der Waals surface area contributed by atoms with Crippen molar-refractivity contribution in [3.63, 3.8) is 0 Å². The van der Waals surface area contributed by atoms with Gasteiger partial charge in [0.05, 0.1) is 0 Å². The molecule has 158 valence electrons. The second-order valence-electron chi connectivity index (χ2n) is 6.68. The second kappa shape index (κ2) is 11.6. The van der Waals surface area contributed by atoms with Gasteiger partial charge in [0.15, 0.2) is 0 Å². The fourth-order valence-electron chi connectivity index (χ4n) is 2.80. The van der Waals surface area contributed by atoms with Gasteiger partial charge in [0.25, 0.3) is 0 Å². The molecule has 0 aliphatic heterocycles. The molecule has 0 atom stereocenters. The van der Waals surface area contributed by atoms with Crippen molar-refractivity contribution in [2.75, 3.05) is 20.1 Å². The van der Waals surface area contributed by atoms with Gasteiger partial charge in [-0.05, 0) is 37.0 Å². The van der Waals surface area contributed by atoms with Gasteiger partial charge in [0.1, 0.15) is 5.75 Å². The van der Waals surface area contributed by atoms with Gasteiger partial charge in [-0.15, -0.1) is 13.2 Å². The number of carbonyl (C=O) groups is 2. The molecule has 1 rings (SSSR count). The van der Waals surface area contributed by atoms with Crippen LogP contribution in [0.2, 0.25) is 0 Å². The van der Waals surface area contributed by atoms with E-state index in [0.717, 1.165) is 25.9 Å². The minimum atomic E-state index is -4.73. The Morgan fingerprint density at radius 3 is 2.00 bits per heavy atom. The average molecular weight is 402 g/mol. The first-order valence-electron chi connectivity index (χ1n) is 9.52. The van der Waals surface area contributed by atoms with Gasteiger partial charge in [0, 0.05) is 39.5 Å². The first-order chi connectivity index (χ1) is 13.2. The Kier molecular flexibility index (Phi) is 9.82. The van der Waals surface area contributed by atoms with E-state index in [1.54, 1.807) is 7.05 Å². The molecule has 0 saturated heterocycles. The number of alkyl halides is 3. The zero-order chi connectivity index (χ0) is 21.2.